The molecule has 94 valence electrons. The Balaban J connectivity index is 2.26. The lowest BCUT2D eigenvalue weighted by molar-refractivity contribution is -0.139. The summed E-state index contributed by atoms with van der Waals surface area (Å²) in [7, 11) is 1.89. The van der Waals surface area contributed by atoms with E-state index in [0.29, 0.717) is 39.3 Å². The summed E-state index contributed by atoms with van der Waals surface area (Å²) in [5.41, 5.74) is 0. The van der Waals surface area contributed by atoms with E-state index in [0.717, 1.165) is 6.54 Å². The molecular weight excluding hydrogens is 208 g/mol. The van der Waals surface area contributed by atoms with Crippen molar-refractivity contribution in [1.82, 2.24) is 10.2 Å². The minimum Gasteiger partial charge on any atom is -0.381 e. The van der Waals surface area contributed by atoms with Crippen LogP contribution in [0.1, 0.15) is 13.3 Å². The fourth-order valence-corrected chi connectivity index (χ4v) is 1.76. The van der Waals surface area contributed by atoms with Gasteiger partial charge in [-0.3, -0.25) is 4.79 Å². The number of likely N-dealkylation sites (N-methyl/N-ethyl adjacent to an activating group) is 1. The van der Waals surface area contributed by atoms with E-state index in [9.17, 15) is 4.79 Å². The zero-order valence-electron chi connectivity index (χ0n) is 10.2. The lowest BCUT2D eigenvalue weighted by Crippen LogP contribution is -2.48. The topological polar surface area (TPSA) is 50.8 Å². The lowest BCUT2D eigenvalue weighted by atomic mass is 10.2. The van der Waals surface area contributed by atoms with Crippen LogP contribution in [-0.2, 0) is 14.3 Å². The molecule has 1 N–H and O–H groups in total. The van der Waals surface area contributed by atoms with E-state index in [2.05, 4.69) is 5.32 Å². The molecule has 1 aliphatic heterocycles. The number of morpholine rings is 1. The molecule has 0 bridgehead atoms. The van der Waals surface area contributed by atoms with E-state index in [1.165, 1.54) is 0 Å². The highest BCUT2D eigenvalue weighted by Gasteiger charge is 2.23. The van der Waals surface area contributed by atoms with E-state index in [1.807, 2.05) is 18.9 Å². The highest BCUT2D eigenvalue weighted by atomic mass is 16.5. The fraction of sp³-hybridized carbons (Fsp3) is 0.909. The van der Waals surface area contributed by atoms with Crippen LogP contribution in [0.3, 0.4) is 0 Å². The van der Waals surface area contributed by atoms with Crippen molar-refractivity contribution in [3.05, 3.63) is 0 Å². The van der Waals surface area contributed by atoms with Gasteiger partial charge in [-0.25, -0.2) is 0 Å². The van der Waals surface area contributed by atoms with Gasteiger partial charge in [0, 0.05) is 26.2 Å². The molecule has 1 heterocycles. The molecule has 0 aromatic heterocycles. The Labute approximate surface area is 97.1 Å². The molecule has 1 unspecified atom stereocenters. The van der Waals surface area contributed by atoms with Gasteiger partial charge >= 0.3 is 0 Å². The van der Waals surface area contributed by atoms with Crippen molar-refractivity contribution in [1.29, 1.82) is 0 Å². The second kappa shape index (κ2) is 7.60. The summed E-state index contributed by atoms with van der Waals surface area (Å²) in [6.07, 6.45) is 0.593. The van der Waals surface area contributed by atoms with Crippen molar-refractivity contribution in [2.45, 2.75) is 19.4 Å². The third-order valence-corrected chi connectivity index (χ3v) is 2.59. The number of nitrogens with zero attached hydrogens (tertiary/aromatic N) is 1. The average Bonchev–Trinajstić information content (AvgIpc) is 2.30. The van der Waals surface area contributed by atoms with Crippen LogP contribution in [0.25, 0.3) is 0 Å². The van der Waals surface area contributed by atoms with Crippen LogP contribution in [0, 0.1) is 0 Å². The number of nitrogens with one attached hydrogen (secondary N) is 1. The van der Waals surface area contributed by atoms with Crippen molar-refractivity contribution in [3.63, 3.8) is 0 Å². The van der Waals surface area contributed by atoms with Gasteiger partial charge in [-0.1, -0.05) is 0 Å². The van der Waals surface area contributed by atoms with E-state index in [-0.39, 0.29) is 12.0 Å². The summed E-state index contributed by atoms with van der Waals surface area (Å²) < 4.78 is 10.7. The molecule has 1 saturated heterocycles. The molecular formula is C11H22N2O3. The minimum absolute atomic E-state index is 0.120. The van der Waals surface area contributed by atoms with E-state index in [4.69, 9.17) is 9.47 Å². The largest absolute Gasteiger partial charge is 0.381 e. The van der Waals surface area contributed by atoms with E-state index < -0.39 is 0 Å². The number of carbonyl (C=O) groups is 1. The molecule has 1 amide bonds. The number of rotatable bonds is 6. The van der Waals surface area contributed by atoms with Gasteiger partial charge in [0.25, 0.3) is 0 Å². The minimum atomic E-state index is 0.120. The van der Waals surface area contributed by atoms with Gasteiger partial charge < -0.3 is 19.7 Å². The molecule has 1 atom stereocenters. The van der Waals surface area contributed by atoms with Crippen LogP contribution in [0.4, 0.5) is 0 Å². The average molecular weight is 230 g/mol. The van der Waals surface area contributed by atoms with Gasteiger partial charge in [-0.2, -0.15) is 0 Å². The molecule has 0 spiro atoms. The first-order chi connectivity index (χ1) is 7.77. The molecule has 5 heteroatoms. The molecule has 1 aliphatic rings. The summed E-state index contributed by atoms with van der Waals surface area (Å²) in [5.74, 6) is 0.165. The zero-order chi connectivity index (χ0) is 11.8. The highest BCUT2D eigenvalue weighted by Crippen LogP contribution is 2.06. The summed E-state index contributed by atoms with van der Waals surface area (Å²) in [5, 5.41) is 3.06. The molecule has 16 heavy (non-hydrogen) atoms. The van der Waals surface area contributed by atoms with Crippen molar-refractivity contribution < 1.29 is 14.3 Å². The third-order valence-electron chi connectivity index (χ3n) is 2.59. The molecule has 5 nitrogen and oxygen atoms in total. The Kier molecular flexibility index (Phi) is 6.37. The smallest absolute Gasteiger partial charge is 0.225 e. The van der Waals surface area contributed by atoms with Crippen LogP contribution in [0.5, 0.6) is 0 Å². The lowest BCUT2D eigenvalue weighted by Gasteiger charge is -2.33. The molecule has 1 rings (SSSR count). The Bertz CT molecular complexity index is 209. The number of amides is 1. The quantitative estimate of drug-likeness (QED) is 0.645. The van der Waals surface area contributed by atoms with Gasteiger partial charge in [0.05, 0.1) is 25.7 Å². The van der Waals surface area contributed by atoms with Crippen molar-refractivity contribution in [3.8, 4) is 0 Å². The second-order valence-corrected chi connectivity index (χ2v) is 3.84. The SMILES string of the molecule is CCOCCC(=O)N1CCOC(CNC)C1. The summed E-state index contributed by atoms with van der Waals surface area (Å²) >= 11 is 0. The summed E-state index contributed by atoms with van der Waals surface area (Å²) in [6.45, 7) is 5.92. The van der Waals surface area contributed by atoms with E-state index >= 15 is 0 Å². The van der Waals surface area contributed by atoms with Crippen molar-refractivity contribution in [2.75, 3.05) is 46.5 Å². The van der Waals surface area contributed by atoms with Gasteiger partial charge in [-0.05, 0) is 14.0 Å². The first-order valence-corrected chi connectivity index (χ1v) is 5.89. The maximum Gasteiger partial charge on any atom is 0.225 e. The normalized spacial score (nSPS) is 21.1. The third kappa shape index (κ3) is 4.47. The number of ether oxygens (including phenoxy) is 2. The maximum absolute atomic E-state index is 11.8. The van der Waals surface area contributed by atoms with Crippen LogP contribution in [-0.4, -0.2) is 63.4 Å². The monoisotopic (exact) mass is 230 g/mol. The fourth-order valence-electron chi connectivity index (χ4n) is 1.76. The predicted molar refractivity (Wildman–Crippen MR) is 61.4 cm³/mol. The van der Waals surface area contributed by atoms with E-state index in [1.54, 1.807) is 0 Å². The molecule has 0 aliphatic carbocycles. The number of carbonyl (C=O) groups excluding carboxylic acids is 1. The standard InChI is InChI=1S/C11H22N2O3/c1-3-15-6-4-11(14)13-5-7-16-10(9-13)8-12-2/h10,12H,3-9H2,1-2H3. The van der Waals surface area contributed by atoms with Crippen LogP contribution in [0.2, 0.25) is 0 Å². The molecule has 1 fully saturated rings. The van der Waals surface area contributed by atoms with Crippen LogP contribution >= 0.6 is 0 Å². The molecule has 0 saturated carbocycles. The van der Waals surface area contributed by atoms with Crippen molar-refractivity contribution >= 4 is 5.91 Å². The molecule has 0 aromatic rings. The zero-order valence-corrected chi connectivity index (χ0v) is 10.2. The Morgan fingerprint density at radius 2 is 2.44 bits per heavy atom. The summed E-state index contributed by atoms with van der Waals surface area (Å²) in [4.78, 5) is 13.7. The molecule has 0 aromatic carbocycles. The predicted octanol–water partition coefficient (Wildman–Crippen LogP) is -0.140. The van der Waals surface area contributed by atoms with Crippen LogP contribution < -0.4 is 5.32 Å². The van der Waals surface area contributed by atoms with Crippen molar-refractivity contribution in [2.24, 2.45) is 0 Å². The molecule has 0 radical (unpaired) electrons. The maximum atomic E-state index is 11.8. The number of hydrogen-bond donors (Lipinski definition) is 1. The first kappa shape index (κ1) is 13.4. The number of hydrogen-bond acceptors (Lipinski definition) is 4. The van der Waals surface area contributed by atoms with Crippen LogP contribution in [0.15, 0.2) is 0 Å². The highest BCUT2D eigenvalue weighted by molar-refractivity contribution is 5.76. The van der Waals surface area contributed by atoms with Gasteiger partial charge in [-0.15, -0.1) is 0 Å². The van der Waals surface area contributed by atoms with Gasteiger partial charge in [0.15, 0.2) is 0 Å². The Morgan fingerprint density at radius 1 is 1.62 bits per heavy atom. The summed E-state index contributed by atoms with van der Waals surface area (Å²) in [6, 6.07) is 0. The first-order valence-electron chi connectivity index (χ1n) is 5.89. The Morgan fingerprint density at radius 3 is 3.12 bits per heavy atom. The Hall–Kier alpha value is -0.650. The second-order valence-electron chi connectivity index (χ2n) is 3.84. The van der Waals surface area contributed by atoms with Gasteiger partial charge in [0.2, 0.25) is 5.91 Å². The van der Waals surface area contributed by atoms with Gasteiger partial charge in [0.1, 0.15) is 0 Å².